The number of benzene rings is 1. The van der Waals surface area contributed by atoms with Crippen molar-refractivity contribution in [2.75, 3.05) is 6.54 Å². The van der Waals surface area contributed by atoms with E-state index in [9.17, 15) is 9.59 Å². The van der Waals surface area contributed by atoms with Crippen molar-refractivity contribution in [2.24, 2.45) is 5.41 Å². The third kappa shape index (κ3) is 6.43. The predicted molar refractivity (Wildman–Crippen MR) is 94.3 cm³/mol. The number of amides is 2. The average Bonchev–Trinajstić information content (AvgIpc) is 2.43. The van der Waals surface area contributed by atoms with Crippen molar-refractivity contribution in [3.63, 3.8) is 0 Å². The van der Waals surface area contributed by atoms with E-state index in [1.54, 1.807) is 6.92 Å². The second kappa shape index (κ2) is 8.14. The Morgan fingerprint density at radius 3 is 2.39 bits per heavy atom. The molecule has 0 radical (unpaired) electrons. The van der Waals surface area contributed by atoms with Crippen molar-refractivity contribution >= 4 is 11.8 Å². The summed E-state index contributed by atoms with van der Waals surface area (Å²) in [6, 6.07) is 5.93. The summed E-state index contributed by atoms with van der Waals surface area (Å²) in [5.41, 5.74) is 3.39. The van der Waals surface area contributed by atoms with Gasteiger partial charge in [-0.05, 0) is 44.7 Å². The van der Waals surface area contributed by atoms with Crippen molar-refractivity contribution in [1.82, 2.24) is 10.6 Å². The van der Waals surface area contributed by atoms with Crippen LogP contribution in [0.25, 0.3) is 0 Å². The zero-order valence-electron chi connectivity index (χ0n) is 15.2. The number of rotatable bonds is 6. The van der Waals surface area contributed by atoms with Gasteiger partial charge >= 0.3 is 0 Å². The molecular formula is C19H30N2O2. The summed E-state index contributed by atoms with van der Waals surface area (Å²) in [4.78, 5) is 23.9. The van der Waals surface area contributed by atoms with Crippen LogP contribution in [0.3, 0.4) is 0 Å². The third-order valence-electron chi connectivity index (χ3n) is 3.84. The Balaban J connectivity index is 2.35. The summed E-state index contributed by atoms with van der Waals surface area (Å²) >= 11 is 0. The molecule has 0 aliphatic carbocycles. The summed E-state index contributed by atoms with van der Waals surface area (Å²) in [5.74, 6) is -0.251. The fourth-order valence-electron chi connectivity index (χ4n) is 2.25. The van der Waals surface area contributed by atoms with Gasteiger partial charge in [-0.1, -0.05) is 44.5 Å². The van der Waals surface area contributed by atoms with Crippen LogP contribution in [0, 0.1) is 19.3 Å². The highest BCUT2D eigenvalue weighted by atomic mass is 16.2. The van der Waals surface area contributed by atoms with Crippen molar-refractivity contribution < 1.29 is 9.59 Å². The quantitative estimate of drug-likeness (QED) is 0.792. The van der Waals surface area contributed by atoms with Crippen molar-refractivity contribution in [1.29, 1.82) is 0 Å². The fraction of sp³-hybridized carbons (Fsp3) is 0.579. The van der Waals surface area contributed by atoms with E-state index < -0.39 is 11.5 Å². The van der Waals surface area contributed by atoms with E-state index in [-0.39, 0.29) is 11.8 Å². The second-order valence-electron chi connectivity index (χ2n) is 7.27. The van der Waals surface area contributed by atoms with Crippen molar-refractivity contribution in [3.05, 3.63) is 34.9 Å². The van der Waals surface area contributed by atoms with Gasteiger partial charge in [0.15, 0.2) is 0 Å². The number of aryl methyl sites for hydroxylation is 3. The highest BCUT2D eigenvalue weighted by Crippen LogP contribution is 2.13. The molecule has 0 saturated heterocycles. The fourth-order valence-corrected chi connectivity index (χ4v) is 2.25. The van der Waals surface area contributed by atoms with Crippen LogP contribution in [0.15, 0.2) is 18.2 Å². The molecule has 4 heteroatoms. The van der Waals surface area contributed by atoms with Crippen LogP contribution in [0.4, 0.5) is 0 Å². The minimum Gasteiger partial charge on any atom is -0.354 e. The molecule has 0 aromatic heterocycles. The van der Waals surface area contributed by atoms with E-state index >= 15 is 0 Å². The summed E-state index contributed by atoms with van der Waals surface area (Å²) in [6.45, 7) is 12.0. The van der Waals surface area contributed by atoms with Crippen LogP contribution in [0.2, 0.25) is 0 Å². The van der Waals surface area contributed by atoms with Crippen LogP contribution < -0.4 is 10.6 Å². The van der Waals surface area contributed by atoms with Crippen molar-refractivity contribution in [2.45, 2.75) is 60.4 Å². The molecule has 0 bridgehead atoms. The van der Waals surface area contributed by atoms with Crippen molar-refractivity contribution in [3.8, 4) is 0 Å². The summed E-state index contributed by atoms with van der Waals surface area (Å²) in [5, 5.41) is 5.63. The predicted octanol–water partition coefficient (Wildman–Crippen LogP) is 2.90. The zero-order valence-corrected chi connectivity index (χ0v) is 15.2. The number of hydrogen-bond donors (Lipinski definition) is 2. The van der Waals surface area contributed by atoms with E-state index in [4.69, 9.17) is 0 Å². The molecule has 1 aromatic rings. The van der Waals surface area contributed by atoms with Crippen LogP contribution in [-0.2, 0) is 16.0 Å². The average molecular weight is 318 g/mol. The maximum Gasteiger partial charge on any atom is 0.242 e. The van der Waals surface area contributed by atoms with Gasteiger partial charge in [0.1, 0.15) is 6.04 Å². The lowest BCUT2D eigenvalue weighted by molar-refractivity contribution is -0.133. The smallest absolute Gasteiger partial charge is 0.242 e. The van der Waals surface area contributed by atoms with Gasteiger partial charge in [-0.15, -0.1) is 0 Å². The van der Waals surface area contributed by atoms with Gasteiger partial charge in [0.2, 0.25) is 11.8 Å². The van der Waals surface area contributed by atoms with E-state index in [2.05, 4.69) is 42.7 Å². The highest BCUT2D eigenvalue weighted by Gasteiger charge is 2.24. The van der Waals surface area contributed by atoms with E-state index in [1.807, 2.05) is 20.8 Å². The molecule has 0 saturated carbocycles. The molecule has 2 amide bonds. The first-order valence-electron chi connectivity index (χ1n) is 8.26. The Bertz CT molecular complexity index is 559. The Morgan fingerprint density at radius 2 is 1.83 bits per heavy atom. The van der Waals surface area contributed by atoms with Crippen LogP contribution in [0.5, 0.6) is 0 Å². The maximum absolute atomic E-state index is 12.0. The molecule has 0 aliphatic rings. The molecule has 0 fully saturated rings. The lowest BCUT2D eigenvalue weighted by Gasteiger charge is -2.21. The molecule has 0 heterocycles. The number of carbonyl (C=O) groups excluding carboxylic acids is 2. The standard InChI is InChI=1S/C19H30N2O2/c1-13-9-10-16(14(2)12-13)8-7-11-20-17(22)15(3)21-18(23)19(4,5)6/h9-10,12,15H,7-8,11H2,1-6H3,(H,20,22)(H,21,23). The van der Waals surface area contributed by atoms with E-state index in [1.165, 1.54) is 16.7 Å². The first kappa shape index (κ1) is 19.2. The SMILES string of the molecule is Cc1ccc(CCCNC(=O)C(C)NC(=O)C(C)(C)C)c(C)c1. The highest BCUT2D eigenvalue weighted by molar-refractivity contribution is 5.89. The number of nitrogens with one attached hydrogen (secondary N) is 2. The minimum atomic E-state index is -0.511. The number of hydrogen-bond acceptors (Lipinski definition) is 2. The minimum absolute atomic E-state index is 0.115. The van der Waals surface area contributed by atoms with E-state index in [0.717, 1.165) is 12.8 Å². The van der Waals surface area contributed by atoms with Gasteiger partial charge < -0.3 is 10.6 Å². The van der Waals surface area contributed by atoms with Gasteiger partial charge in [-0.2, -0.15) is 0 Å². The van der Waals surface area contributed by atoms with Gasteiger partial charge in [-0.3, -0.25) is 9.59 Å². The lowest BCUT2D eigenvalue weighted by Crippen LogP contribution is -2.48. The largest absolute Gasteiger partial charge is 0.354 e. The molecule has 128 valence electrons. The van der Waals surface area contributed by atoms with Gasteiger partial charge in [0.25, 0.3) is 0 Å². The molecule has 1 atom stereocenters. The lowest BCUT2D eigenvalue weighted by atomic mass is 9.95. The molecule has 2 N–H and O–H groups in total. The second-order valence-corrected chi connectivity index (χ2v) is 7.27. The molecule has 1 rings (SSSR count). The molecule has 0 spiro atoms. The molecule has 23 heavy (non-hydrogen) atoms. The molecule has 4 nitrogen and oxygen atoms in total. The Labute approximate surface area is 140 Å². The normalized spacial score (nSPS) is 12.6. The first-order chi connectivity index (χ1) is 10.6. The summed E-state index contributed by atoms with van der Waals surface area (Å²) in [7, 11) is 0. The summed E-state index contributed by atoms with van der Waals surface area (Å²) < 4.78 is 0. The molecular weight excluding hydrogens is 288 g/mol. The van der Waals surface area contributed by atoms with Gasteiger partial charge in [0.05, 0.1) is 0 Å². The first-order valence-corrected chi connectivity index (χ1v) is 8.26. The number of carbonyl (C=O) groups is 2. The van der Waals surface area contributed by atoms with Gasteiger partial charge in [-0.25, -0.2) is 0 Å². The molecule has 1 unspecified atom stereocenters. The van der Waals surface area contributed by atoms with E-state index in [0.29, 0.717) is 6.54 Å². The summed E-state index contributed by atoms with van der Waals surface area (Å²) in [6.07, 6.45) is 1.82. The Hall–Kier alpha value is -1.84. The maximum atomic E-state index is 12.0. The Kier molecular flexibility index (Phi) is 6.79. The van der Waals surface area contributed by atoms with Crippen LogP contribution >= 0.6 is 0 Å². The third-order valence-corrected chi connectivity index (χ3v) is 3.84. The van der Waals surface area contributed by atoms with Crippen LogP contribution in [0.1, 0.15) is 50.8 Å². The molecule has 0 aliphatic heterocycles. The zero-order chi connectivity index (χ0) is 17.6. The topological polar surface area (TPSA) is 58.2 Å². The Morgan fingerprint density at radius 1 is 1.17 bits per heavy atom. The van der Waals surface area contributed by atoms with Gasteiger partial charge in [0, 0.05) is 12.0 Å². The monoisotopic (exact) mass is 318 g/mol. The van der Waals surface area contributed by atoms with Crippen LogP contribution in [-0.4, -0.2) is 24.4 Å². The molecule has 1 aromatic carbocycles.